The second kappa shape index (κ2) is 4.84. The molecule has 2 unspecified atom stereocenters. The van der Waals surface area contributed by atoms with E-state index in [1.807, 2.05) is 25.1 Å². The third-order valence-corrected chi connectivity index (χ3v) is 3.75. The van der Waals surface area contributed by atoms with Crippen LogP contribution in [0.5, 0.6) is 0 Å². The predicted octanol–water partition coefficient (Wildman–Crippen LogP) is 2.96. The first-order chi connectivity index (χ1) is 7.27. The second-order valence-electron chi connectivity index (χ2n) is 3.47. The van der Waals surface area contributed by atoms with Crippen molar-refractivity contribution in [2.24, 2.45) is 0 Å². The highest BCUT2D eigenvalue weighted by Gasteiger charge is 2.28. The van der Waals surface area contributed by atoms with Gasteiger partial charge in [0.1, 0.15) is 0 Å². The van der Waals surface area contributed by atoms with Crippen molar-refractivity contribution in [1.82, 2.24) is 0 Å². The van der Waals surface area contributed by atoms with Crippen LogP contribution in [0.15, 0.2) is 30.3 Å². The van der Waals surface area contributed by atoms with Crippen molar-refractivity contribution >= 4 is 13.9 Å². The average Bonchev–Trinajstić information content (AvgIpc) is 2.29. The molecule has 2 rings (SSSR count). The Morgan fingerprint density at radius 2 is 2.13 bits per heavy atom. The SMILES string of the molecule is CC1CCOP(C(=O)c2ccccc2)O1. The fraction of sp³-hybridized carbons (Fsp3) is 0.364. The molecule has 0 aliphatic carbocycles. The molecule has 2 atom stereocenters. The Kier molecular flexibility index (Phi) is 3.47. The first kappa shape index (κ1) is 10.7. The summed E-state index contributed by atoms with van der Waals surface area (Å²) in [5, 5.41) is 0. The van der Waals surface area contributed by atoms with Gasteiger partial charge in [-0.25, -0.2) is 0 Å². The minimum Gasteiger partial charge on any atom is -0.328 e. The van der Waals surface area contributed by atoms with Crippen LogP contribution < -0.4 is 0 Å². The fourth-order valence-electron chi connectivity index (χ4n) is 1.34. The van der Waals surface area contributed by atoms with Gasteiger partial charge in [0.2, 0.25) is 13.9 Å². The molecule has 0 aromatic heterocycles. The average molecular weight is 224 g/mol. The molecule has 0 saturated carbocycles. The Balaban J connectivity index is 2.08. The molecule has 3 nitrogen and oxygen atoms in total. The molecule has 0 spiro atoms. The highest BCUT2D eigenvalue weighted by Crippen LogP contribution is 2.46. The summed E-state index contributed by atoms with van der Waals surface area (Å²) in [6.45, 7) is 2.58. The normalized spacial score (nSPS) is 26.2. The Hall–Kier alpha value is -0.760. The topological polar surface area (TPSA) is 35.5 Å². The van der Waals surface area contributed by atoms with Crippen LogP contribution in [0.4, 0.5) is 0 Å². The van der Waals surface area contributed by atoms with Crippen molar-refractivity contribution in [1.29, 1.82) is 0 Å². The maximum atomic E-state index is 11.9. The summed E-state index contributed by atoms with van der Waals surface area (Å²) in [5.74, 6) is 0. The lowest BCUT2D eigenvalue weighted by Crippen LogP contribution is -2.18. The van der Waals surface area contributed by atoms with Gasteiger partial charge in [-0.2, -0.15) is 0 Å². The lowest BCUT2D eigenvalue weighted by atomic mass is 10.2. The van der Waals surface area contributed by atoms with Gasteiger partial charge >= 0.3 is 0 Å². The zero-order chi connectivity index (χ0) is 10.7. The minimum absolute atomic E-state index is 0.0304. The quantitative estimate of drug-likeness (QED) is 0.724. The lowest BCUT2D eigenvalue weighted by molar-refractivity contribution is 0.0905. The van der Waals surface area contributed by atoms with Gasteiger partial charge in [0, 0.05) is 5.56 Å². The van der Waals surface area contributed by atoms with Gasteiger partial charge in [0.25, 0.3) is 0 Å². The van der Waals surface area contributed by atoms with Crippen LogP contribution >= 0.6 is 8.38 Å². The molecule has 1 aliphatic heterocycles. The zero-order valence-electron chi connectivity index (χ0n) is 8.55. The smallest absolute Gasteiger partial charge is 0.249 e. The molecule has 80 valence electrons. The van der Waals surface area contributed by atoms with E-state index in [1.165, 1.54) is 0 Å². The van der Waals surface area contributed by atoms with Gasteiger partial charge in [-0.15, -0.1) is 0 Å². The summed E-state index contributed by atoms with van der Waals surface area (Å²) in [6, 6.07) is 9.15. The molecular formula is C11H13O3P. The second-order valence-corrected chi connectivity index (χ2v) is 4.86. The molecule has 1 aromatic carbocycles. The van der Waals surface area contributed by atoms with E-state index in [1.54, 1.807) is 12.1 Å². The van der Waals surface area contributed by atoms with Crippen LogP contribution in [0.2, 0.25) is 0 Å². The van der Waals surface area contributed by atoms with Crippen LogP contribution in [-0.2, 0) is 9.05 Å². The van der Waals surface area contributed by atoms with Gasteiger partial charge in [-0.05, 0) is 13.3 Å². The molecule has 1 fully saturated rings. The van der Waals surface area contributed by atoms with Gasteiger partial charge < -0.3 is 9.05 Å². The van der Waals surface area contributed by atoms with Crippen molar-refractivity contribution in [3.05, 3.63) is 35.9 Å². The molecule has 0 radical (unpaired) electrons. The summed E-state index contributed by atoms with van der Waals surface area (Å²) in [4.78, 5) is 11.9. The highest BCUT2D eigenvalue weighted by atomic mass is 31.2. The van der Waals surface area contributed by atoms with E-state index in [9.17, 15) is 4.79 Å². The largest absolute Gasteiger partial charge is 0.328 e. The third kappa shape index (κ3) is 2.63. The molecule has 0 amide bonds. The Morgan fingerprint density at radius 1 is 1.40 bits per heavy atom. The van der Waals surface area contributed by atoms with Gasteiger partial charge in [0.15, 0.2) is 0 Å². The Labute approximate surface area is 90.3 Å². The summed E-state index contributed by atoms with van der Waals surface area (Å²) in [5.41, 5.74) is 0.634. The monoisotopic (exact) mass is 224 g/mol. The highest BCUT2D eigenvalue weighted by molar-refractivity contribution is 7.67. The van der Waals surface area contributed by atoms with Crippen molar-refractivity contribution < 1.29 is 13.8 Å². The molecule has 1 heterocycles. The van der Waals surface area contributed by atoms with Crippen molar-refractivity contribution in [3.8, 4) is 0 Å². The molecule has 1 saturated heterocycles. The third-order valence-electron chi connectivity index (χ3n) is 2.20. The molecule has 15 heavy (non-hydrogen) atoms. The molecule has 1 aliphatic rings. The van der Waals surface area contributed by atoms with Crippen LogP contribution in [0.25, 0.3) is 0 Å². The van der Waals surface area contributed by atoms with Crippen LogP contribution in [0, 0.1) is 0 Å². The molecule has 0 bridgehead atoms. The van der Waals surface area contributed by atoms with E-state index in [0.717, 1.165) is 6.42 Å². The molecule has 0 N–H and O–H groups in total. The van der Waals surface area contributed by atoms with Crippen LogP contribution in [0.3, 0.4) is 0 Å². The van der Waals surface area contributed by atoms with Crippen LogP contribution in [-0.4, -0.2) is 18.2 Å². The van der Waals surface area contributed by atoms with Crippen molar-refractivity contribution in [3.63, 3.8) is 0 Å². The van der Waals surface area contributed by atoms with Crippen molar-refractivity contribution in [2.45, 2.75) is 19.4 Å². The van der Waals surface area contributed by atoms with Crippen LogP contribution in [0.1, 0.15) is 23.7 Å². The lowest BCUT2D eigenvalue weighted by Gasteiger charge is -2.25. The van der Waals surface area contributed by atoms with Gasteiger partial charge in [-0.3, -0.25) is 4.79 Å². The van der Waals surface area contributed by atoms with E-state index in [2.05, 4.69) is 0 Å². The summed E-state index contributed by atoms with van der Waals surface area (Å²) in [6.07, 6.45) is 0.985. The summed E-state index contributed by atoms with van der Waals surface area (Å²) >= 11 is 0. The van der Waals surface area contributed by atoms with Gasteiger partial charge in [0.05, 0.1) is 12.7 Å². The number of hydrogen-bond acceptors (Lipinski definition) is 3. The van der Waals surface area contributed by atoms with Crippen molar-refractivity contribution in [2.75, 3.05) is 6.61 Å². The Bertz CT molecular complexity index is 339. The van der Waals surface area contributed by atoms with E-state index in [4.69, 9.17) is 9.05 Å². The number of benzene rings is 1. The summed E-state index contributed by atoms with van der Waals surface area (Å²) < 4.78 is 10.9. The predicted molar refractivity (Wildman–Crippen MR) is 58.8 cm³/mol. The molecule has 1 aromatic rings. The number of carbonyl (C=O) groups is 1. The maximum absolute atomic E-state index is 11.9. The first-order valence-corrected chi connectivity index (χ1v) is 6.14. The van der Waals surface area contributed by atoms with E-state index in [0.29, 0.717) is 12.2 Å². The standard InChI is InChI=1S/C11H13O3P/c1-9-7-8-13-15(14-9)11(12)10-5-3-2-4-6-10/h2-6,9H,7-8H2,1H3. The fourth-order valence-corrected chi connectivity index (χ4v) is 2.68. The Morgan fingerprint density at radius 3 is 2.80 bits per heavy atom. The molecule has 4 heteroatoms. The number of rotatable bonds is 2. The maximum Gasteiger partial charge on any atom is 0.249 e. The summed E-state index contributed by atoms with van der Waals surface area (Å²) in [7, 11) is -1.39. The van der Waals surface area contributed by atoms with Gasteiger partial charge in [-0.1, -0.05) is 30.3 Å². The number of carbonyl (C=O) groups excluding carboxylic acids is 1. The van der Waals surface area contributed by atoms with E-state index in [-0.39, 0.29) is 11.6 Å². The zero-order valence-corrected chi connectivity index (χ0v) is 9.44. The van der Waals surface area contributed by atoms with E-state index < -0.39 is 8.38 Å². The first-order valence-electron chi connectivity index (χ1n) is 4.96. The number of hydrogen-bond donors (Lipinski definition) is 0. The minimum atomic E-state index is -1.39. The molecular weight excluding hydrogens is 211 g/mol. The van der Waals surface area contributed by atoms with E-state index >= 15 is 0 Å².